The van der Waals surface area contributed by atoms with Gasteiger partial charge in [0.25, 0.3) is 0 Å². The maximum atomic E-state index is 11.6. The molecule has 17 heavy (non-hydrogen) atoms. The Labute approximate surface area is 104 Å². The second kappa shape index (κ2) is 4.71. The number of phenols is 1. The highest BCUT2D eigenvalue weighted by molar-refractivity contribution is 7.78. The SMILES string of the molecule is Cc1c(O)cc(OCCC=S)c2c1COC2=O. The van der Waals surface area contributed by atoms with Crippen molar-refractivity contribution >= 4 is 23.6 Å². The highest BCUT2D eigenvalue weighted by Crippen LogP contribution is 2.37. The molecule has 1 aromatic rings. The third-order valence-corrected chi connectivity index (χ3v) is 2.93. The highest BCUT2D eigenvalue weighted by Gasteiger charge is 2.29. The zero-order valence-corrected chi connectivity index (χ0v) is 10.2. The fourth-order valence-corrected chi connectivity index (χ4v) is 1.84. The molecule has 5 heteroatoms. The van der Waals surface area contributed by atoms with Crippen molar-refractivity contribution < 1.29 is 19.4 Å². The van der Waals surface area contributed by atoms with E-state index in [1.807, 2.05) is 0 Å². The Hall–Kier alpha value is -1.62. The number of esters is 1. The molecule has 1 N–H and O–H groups in total. The molecule has 4 nitrogen and oxygen atoms in total. The molecule has 1 aliphatic heterocycles. The van der Waals surface area contributed by atoms with Crippen molar-refractivity contribution in [2.45, 2.75) is 20.0 Å². The van der Waals surface area contributed by atoms with Crippen molar-refractivity contribution in [2.24, 2.45) is 0 Å². The first-order chi connectivity index (χ1) is 8.15. The molecule has 0 bridgehead atoms. The van der Waals surface area contributed by atoms with E-state index in [1.54, 1.807) is 12.3 Å². The van der Waals surface area contributed by atoms with Gasteiger partial charge in [-0.15, -0.1) is 0 Å². The Morgan fingerprint density at radius 1 is 1.65 bits per heavy atom. The summed E-state index contributed by atoms with van der Waals surface area (Å²) in [6.45, 7) is 2.32. The monoisotopic (exact) mass is 252 g/mol. The summed E-state index contributed by atoms with van der Waals surface area (Å²) >= 11 is 4.69. The van der Waals surface area contributed by atoms with Crippen LogP contribution in [0.15, 0.2) is 6.07 Å². The van der Waals surface area contributed by atoms with Crippen LogP contribution in [0.5, 0.6) is 11.5 Å². The average Bonchev–Trinajstić information content (AvgIpc) is 2.68. The second-order valence-corrected chi connectivity index (χ2v) is 4.09. The largest absolute Gasteiger partial charge is 0.508 e. The van der Waals surface area contributed by atoms with Crippen LogP contribution in [-0.2, 0) is 11.3 Å². The number of carbonyl (C=O) groups excluding carboxylic acids is 1. The van der Waals surface area contributed by atoms with Gasteiger partial charge in [-0.05, 0) is 17.9 Å². The molecule has 1 aromatic carbocycles. The average molecular weight is 252 g/mol. The van der Waals surface area contributed by atoms with Crippen LogP contribution in [-0.4, -0.2) is 23.1 Å². The predicted molar refractivity (Wildman–Crippen MR) is 65.7 cm³/mol. The lowest BCUT2D eigenvalue weighted by Crippen LogP contribution is -2.04. The quantitative estimate of drug-likeness (QED) is 0.505. The minimum absolute atomic E-state index is 0.111. The fraction of sp³-hybridized carbons (Fsp3) is 0.333. The summed E-state index contributed by atoms with van der Waals surface area (Å²) in [5.74, 6) is 0.0716. The van der Waals surface area contributed by atoms with E-state index in [-0.39, 0.29) is 12.4 Å². The van der Waals surface area contributed by atoms with E-state index >= 15 is 0 Å². The maximum absolute atomic E-state index is 11.6. The standard InChI is InChI=1S/C12H12O4S/c1-7-8-6-16-12(14)11(8)10(5-9(7)13)15-3-2-4-17/h4-5,13H,2-3,6H2,1H3. The summed E-state index contributed by atoms with van der Waals surface area (Å²) in [7, 11) is 0. The number of hydrogen-bond donors (Lipinski definition) is 1. The predicted octanol–water partition coefficient (Wildman–Crippen LogP) is 2.14. The summed E-state index contributed by atoms with van der Waals surface area (Å²) in [6, 6.07) is 1.45. The molecule has 0 aromatic heterocycles. The number of phenolic OH excluding ortho intramolecular Hbond substituents is 1. The summed E-state index contributed by atoms with van der Waals surface area (Å²) < 4.78 is 10.4. The van der Waals surface area contributed by atoms with Crippen LogP contribution in [0.3, 0.4) is 0 Å². The van der Waals surface area contributed by atoms with Crippen LogP contribution in [0, 0.1) is 6.92 Å². The van der Waals surface area contributed by atoms with Crippen LogP contribution < -0.4 is 4.74 Å². The molecule has 0 atom stereocenters. The summed E-state index contributed by atoms with van der Waals surface area (Å²) in [4.78, 5) is 11.6. The third-order valence-electron chi connectivity index (χ3n) is 2.70. The lowest BCUT2D eigenvalue weighted by molar-refractivity contribution is 0.0532. The maximum Gasteiger partial charge on any atom is 0.342 e. The lowest BCUT2D eigenvalue weighted by atomic mass is 10.0. The minimum atomic E-state index is -0.402. The molecule has 0 radical (unpaired) electrons. The van der Waals surface area contributed by atoms with Gasteiger partial charge in [-0.1, -0.05) is 12.2 Å². The number of benzene rings is 1. The molecule has 0 aliphatic carbocycles. The molecule has 0 saturated heterocycles. The van der Waals surface area contributed by atoms with E-state index in [4.69, 9.17) is 21.7 Å². The topological polar surface area (TPSA) is 55.8 Å². The number of ether oxygens (including phenoxy) is 2. The number of thiocarbonyl (C=S) groups is 1. The first kappa shape index (κ1) is 11.9. The molecule has 0 fully saturated rings. The molecule has 0 saturated carbocycles. The van der Waals surface area contributed by atoms with Crippen LogP contribution in [0.4, 0.5) is 0 Å². The van der Waals surface area contributed by atoms with E-state index in [9.17, 15) is 9.90 Å². The van der Waals surface area contributed by atoms with Gasteiger partial charge in [-0.3, -0.25) is 0 Å². The summed E-state index contributed by atoms with van der Waals surface area (Å²) in [6.07, 6.45) is 0.605. The summed E-state index contributed by atoms with van der Waals surface area (Å²) in [5.41, 5.74) is 1.78. The van der Waals surface area contributed by atoms with Gasteiger partial charge in [-0.25, -0.2) is 4.79 Å². The van der Waals surface area contributed by atoms with Gasteiger partial charge >= 0.3 is 5.97 Å². The molecule has 0 amide bonds. The Morgan fingerprint density at radius 3 is 3.12 bits per heavy atom. The molecule has 90 valence electrons. The number of aromatic hydroxyl groups is 1. The zero-order valence-electron chi connectivity index (χ0n) is 9.36. The lowest BCUT2D eigenvalue weighted by Gasteiger charge is -2.10. The normalized spacial score (nSPS) is 13.1. The molecule has 0 unspecified atom stereocenters. The number of hydrogen-bond acceptors (Lipinski definition) is 5. The molecular formula is C12H12O4S. The summed E-state index contributed by atoms with van der Waals surface area (Å²) in [5, 5.41) is 11.3. The van der Waals surface area contributed by atoms with Crippen molar-refractivity contribution in [3.8, 4) is 11.5 Å². The highest BCUT2D eigenvalue weighted by atomic mass is 32.1. The van der Waals surface area contributed by atoms with Crippen LogP contribution >= 0.6 is 12.2 Å². The van der Waals surface area contributed by atoms with Crippen molar-refractivity contribution in [2.75, 3.05) is 6.61 Å². The van der Waals surface area contributed by atoms with Gasteiger partial charge in [0.1, 0.15) is 23.7 Å². The van der Waals surface area contributed by atoms with Gasteiger partial charge in [0, 0.05) is 18.1 Å². The fourth-order valence-electron chi connectivity index (χ4n) is 1.74. The van der Waals surface area contributed by atoms with E-state index in [0.29, 0.717) is 35.5 Å². The minimum Gasteiger partial charge on any atom is -0.508 e. The third kappa shape index (κ3) is 2.10. The van der Waals surface area contributed by atoms with Gasteiger partial charge in [0.05, 0.1) is 6.61 Å². The molecule has 0 spiro atoms. The van der Waals surface area contributed by atoms with Crippen LogP contribution in [0.1, 0.15) is 27.9 Å². The molecule has 1 aliphatic rings. The number of rotatable bonds is 4. The van der Waals surface area contributed by atoms with Crippen molar-refractivity contribution in [1.29, 1.82) is 0 Å². The smallest absolute Gasteiger partial charge is 0.342 e. The Morgan fingerprint density at radius 2 is 2.41 bits per heavy atom. The van der Waals surface area contributed by atoms with Crippen molar-refractivity contribution in [3.63, 3.8) is 0 Å². The van der Waals surface area contributed by atoms with E-state index in [1.165, 1.54) is 6.07 Å². The van der Waals surface area contributed by atoms with Gasteiger partial charge in [0.15, 0.2) is 0 Å². The van der Waals surface area contributed by atoms with Crippen molar-refractivity contribution in [3.05, 3.63) is 22.8 Å². The van der Waals surface area contributed by atoms with E-state index < -0.39 is 5.97 Å². The number of fused-ring (bicyclic) bond motifs is 1. The molecule has 1 heterocycles. The molecule has 2 rings (SSSR count). The number of carbonyl (C=O) groups is 1. The van der Waals surface area contributed by atoms with Gasteiger partial charge in [0.2, 0.25) is 0 Å². The Kier molecular flexibility index (Phi) is 3.28. The van der Waals surface area contributed by atoms with Crippen LogP contribution in [0.25, 0.3) is 0 Å². The first-order valence-corrected chi connectivity index (χ1v) is 5.71. The van der Waals surface area contributed by atoms with Gasteiger partial charge in [-0.2, -0.15) is 0 Å². The van der Waals surface area contributed by atoms with Crippen LogP contribution in [0.2, 0.25) is 0 Å². The first-order valence-electron chi connectivity index (χ1n) is 5.24. The van der Waals surface area contributed by atoms with Crippen molar-refractivity contribution in [1.82, 2.24) is 0 Å². The molecular weight excluding hydrogens is 240 g/mol. The van der Waals surface area contributed by atoms with E-state index in [0.717, 1.165) is 0 Å². The van der Waals surface area contributed by atoms with E-state index in [2.05, 4.69) is 0 Å². The zero-order chi connectivity index (χ0) is 12.4. The number of cyclic esters (lactones) is 1. The Bertz CT molecular complexity index is 482. The Balaban J connectivity index is 2.38. The van der Waals surface area contributed by atoms with Gasteiger partial charge < -0.3 is 14.6 Å². The second-order valence-electron chi connectivity index (χ2n) is 3.75.